The van der Waals surface area contributed by atoms with Crippen LogP contribution in [-0.4, -0.2) is 18.3 Å². The second-order valence-electron chi connectivity index (χ2n) is 7.16. The lowest BCUT2D eigenvalue weighted by Gasteiger charge is -2.32. The fourth-order valence-corrected chi connectivity index (χ4v) is 2.90. The minimum Gasteiger partial charge on any atom is -0.399 e. The first-order valence-corrected chi connectivity index (χ1v) is 8.42. The molecule has 0 amide bonds. The molecule has 5 heteroatoms. The van der Waals surface area contributed by atoms with Gasteiger partial charge in [0, 0.05) is 4.47 Å². The zero-order chi connectivity index (χ0) is 16.8. The standard InChI is InChI=1S/C17H23BBrNO2/c1-7-17(6,11-20)12-8-13(10-14(19)9-12)18-21-15(2,3)16(4,5)22-18/h8-10H,7H2,1-6H3. The number of rotatable bonds is 3. The summed E-state index contributed by atoms with van der Waals surface area (Å²) in [5, 5.41) is 9.52. The Morgan fingerprint density at radius 1 is 1.18 bits per heavy atom. The van der Waals surface area contributed by atoms with Gasteiger partial charge in [-0.05, 0) is 64.2 Å². The third-order valence-electron chi connectivity index (χ3n) is 5.04. The molecule has 3 nitrogen and oxygen atoms in total. The van der Waals surface area contributed by atoms with Crippen molar-refractivity contribution in [2.45, 2.75) is 64.6 Å². The summed E-state index contributed by atoms with van der Waals surface area (Å²) in [4.78, 5) is 0. The summed E-state index contributed by atoms with van der Waals surface area (Å²) in [5.41, 5.74) is 0.671. The topological polar surface area (TPSA) is 42.2 Å². The van der Waals surface area contributed by atoms with Gasteiger partial charge in [0.05, 0.1) is 22.7 Å². The first-order chi connectivity index (χ1) is 10.0. The first-order valence-electron chi connectivity index (χ1n) is 7.62. The smallest absolute Gasteiger partial charge is 0.399 e. The molecular weight excluding hydrogens is 341 g/mol. The third-order valence-corrected chi connectivity index (χ3v) is 5.49. The Kier molecular flexibility index (Phi) is 4.52. The molecule has 22 heavy (non-hydrogen) atoms. The van der Waals surface area contributed by atoms with Crippen LogP contribution in [0.2, 0.25) is 0 Å². The Hall–Kier alpha value is -0.825. The normalized spacial score (nSPS) is 22.2. The Balaban J connectivity index is 2.43. The summed E-state index contributed by atoms with van der Waals surface area (Å²) in [6.45, 7) is 12.1. The predicted octanol–water partition coefficient (Wildman–Crippen LogP) is 3.94. The van der Waals surface area contributed by atoms with Crippen molar-refractivity contribution in [1.82, 2.24) is 0 Å². The molecule has 1 aromatic carbocycles. The number of benzene rings is 1. The van der Waals surface area contributed by atoms with Gasteiger partial charge in [-0.15, -0.1) is 0 Å². The lowest BCUT2D eigenvalue weighted by Crippen LogP contribution is -2.41. The molecule has 0 spiro atoms. The zero-order valence-corrected chi connectivity index (χ0v) is 15.7. The maximum atomic E-state index is 9.52. The summed E-state index contributed by atoms with van der Waals surface area (Å²) >= 11 is 3.55. The Morgan fingerprint density at radius 3 is 2.18 bits per heavy atom. The van der Waals surface area contributed by atoms with Gasteiger partial charge in [-0.3, -0.25) is 0 Å². The van der Waals surface area contributed by atoms with Crippen molar-refractivity contribution < 1.29 is 9.31 Å². The van der Waals surface area contributed by atoms with Gasteiger partial charge in [0.15, 0.2) is 0 Å². The summed E-state index contributed by atoms with van der Waals surface area (Å²) in [6, 6.07) is 8.45. The summed E-state index contributed by atoms with van der Waals surface area (Å²) in [5.74, 6) is 0. The number of hydrogen-bond donors (Lipinski definition) is 0. The minimum atomic E-state index is -0.512. The molecule has 0 aliphatic carbocycles. The quantitative estimate of drug-likeness (QED) is 0.764. The Morgan fingerprint density at radius 2 is 1.73 bits per heavy atom. The van der Waals surface area contributed by atoms with Crippen LogP contribution >= 0.6 is 15.9 Å². The van der Waals surface area contributed by atoms with Crippen LogP contribution in [0.3, 0.4) is 0 Å². The van der Waals surface area contributed by atoms with Crippen LogP contribution in [0.15, 0.2) is 22.7 Å². The van der Waals surface area contributed by atoms with Gasteiger partial charge >= 0.3 is 7.12 Å². The Bertz CT molecular complexity index is 608. The average Bonchev–Trinajstić information content (AvgIpc) is 2.66. The van der Waals surface area contributed by atoms with Crippen molar-refractivity contribution in [3.8, 4) is 6.07 Å². The molecule has 1 fully saturated rings. The van der Waals surface area contributed by atoms with E-state index in [1.807, 2.05) is 59.7 Å². The molecule has 0 radical (unpaired) electrons. The van der Waals surface area contributed by atoms with Crippen molar-refractivity contribution in [2.75, 3.05) is 0 Å². The van der Waals surface area contributed by atoms with Crippen LogP contribution in [0.5, 0.6) is 0 Å². The van der Waals surface area contributed by atoms with Crippen LogP contribution in [0.1, 0.15) is 53.5 Å². The molecule has 1 aliphatic rings. The van der Waals surface area contributed by atoms with E-state index in [2.05, 4.69) is 22.0 Å². The highest BCUT2D eigenvalue weighted by Gasteiger charge is 2.51. The van der Waals surface area contributed by atoms with Crippen molar-refractivity contribution in [3.63, 3.8) is 0 Å². The highest BCUT2D eigenvalue weighted by molar-refractivity contribution is 9.10. The fraction of sp³-hybridized carbons (Fsp3) is 0.588. The van der Waals surface area contributed by atoms with E-state index in [0.717, 1.165) is 21.9 Å². The van der Waals surface area contributed by atoms with E-state index >= 15 is 0 Å². The van der Waals surface area contributed by atoms with E-state index < -0.39 is 12.5 Å². The number of nitrogens with zero attached hydrogens (tertiary/aromatic N) is 1. The van der Waals surface area contributed by atoms with E-state index in [0.29, 0.717) is 0 Å². The zero-order valence-electron chi connectivity index (χ0n) is 14.2. The molecule has 1 aromatic rings. The Labute approximate surface area is 142 Å². The first kappa shape index (κ1) is 17.5. The summed E-state index contributed by atoms with van der Waals surface area (Å²) in [6.07, 6.45) is 0.753. The van der Waals surface area contributed by atoms with Gasteiger partial charge in [0.25, 0.3) is 0 Å². The molecule has 1 aliphatic heterocycles. The fourth-order valence-electron chi connectivity index (χ4n) is 2.39. The number of hydrogen-bond acceptors (Lipinski definition) is 3. The molecule has 0 bridgehead atoms. The van der Waals surface area contributed by atoms with E-state index in [9.17, 15) is 5.26 Å². The lowest BCUT2D eigenvalue weighted by atomic mass is 9.74. The van der Waals surface area contributed by atoms with E-state index in [4.69, 9.17) is 9.31 Å². The van der Waals surface area contributed by atoms with Gasteiger partial charge in [-0.1, -0.05) is 28.9 Å². The summed E-state index contributed by atoms with van der Waals surface area (Å²) in [7, 11) is -0.416. The van der Waals surface area contributed by atoms with Crippen LogP contribution in [0.4, 0.5) is 0 Å². The van der Waals surface area contributed by atoms with Gasteiger partial charge < -0.3 is 9.31 Å². The number of halogens is 1. The monoisotopic (exact) mass is 363 g/mol. The maximum Gasteiger partial charge on any atom is 0.494 e. The number of nitriles is 1. The SMILES string of the molecule is CCC(C)(C#N)c1cc(Br)cc(B2OC(C)(C)C(C)(C)O2)c1. The molecule has 1 heterocycles. The van der Waals surface area contributed by atoms with Crippen molar-refractivity contribution in [2.24, 2.45) is 0 Å². The van der Waals surface area contributed by atoms with E-state index in [1.165, 1.54) is 0 Å². The van der Waals surface area contributed by atoms with Crippen LogP contribution in [0.25, 0.3) is 0 Å². The second kappa shape index (κ2) is 5.67. The molecule has 0 aromatic heterocycles. The molecule has 1 saturated heterocycles. The van der Waals surface area contributed by atoms with Crippen LogP contribution in [0, 0.1) is 11.3 Å². The van der Waals surface area contributed by atoms with E-state index in [1.54, 1.807) is 0 Å². The summed E-state index contributed by atoms with van der Waals surface area (Å²) < 4.78 is 13.2. The predicted molar refractivity (Wildman–Crippen MR) is 93.1 cm³/mol. The highest BCUT2D eigenvalue weighted by atomic mass is 79.9. The lowest BCUT2D eigenvalue weighted by molar-refractivity contribution is 0.00578. The van der Waals surface area contributed by atoms with Crippen molar-refractivity contribution in [3.05, 3.63) is 28.2 Å². The highest BCUT2D eigenvalue weighted by Crippen LogP contribution is 2.37. The molecule has 1 unspecified atom stereocenters. The molecular formula is C17H23BBrNO2. The largest absolute Gasteiger partial charge is 0.494 e. The van der Waals surface area contributed by atoms with Gasteiger partial charge in [0.2, 0.25) is 0 Å². The minimum absolute atomic E-state index is 0.372. The third kappa shape index (κ3) is 2.97. The van der Waals surface area contributed by atoms with Crippen molar-refractivity contribution >= 4 is 28.5 Å². The molecule has 0 N–H and O–H groups in total. The average molecular weight is 364 g/mol. The van der Waals surface area contributed by atoms with Crippen LogP contribution < -0.4 is 5.46 Å². The van der Waals surface area contributed by atoms with E-state index in [-0.39, 0.29) is 11.2 Å². The molecule has 0 saturated carbocycles. The van der Waals surface area contributed by atoms with Gasteiger partial charge in [0.1, 0.15) is 0 Å². The molecule has 118 valence electrons. The van der Waals surface area contributed by atoms with Gasteiger partial charge in [-0.25, -0.2) is 0 Å². The van der Waals surface area contributed by atoms with Gasteiger partial charge in [-0.2, -0.15) is 5.26 Å². The maximum absolute atomic E-state index is 9.52. The molecule has 2 rings (SSSR count). The molecule has 1 atom stereocenters. The van der Waals surface area contributed by atoms with Crippen molar-refractivity contribution in [1.29, 1.82) is 5.26 Å². The second-order valence-corrected chi connectivity index (χ2v) is 8.07. The van der Waals surface area contributed by atoms with Crippen LogP contribution in [-0.2, 0) is 14.7 Å².